The van der Waals surface area contributed by atoms with Crippen LogP contribution in [0.4, 0.5) is 0 Å². The average Bonchev–Trinajstić information content (AvgIpc) is 2.29. The highest BCUT2D eigenvalue weighted by Crippen LogP contribution is 2.28. The summed E-state index contributed by atoms with van der Waals surface area (Å²) in [5.41, 5.74) is 6.06. The molecule has 3 N–H and O–H groups in total. The summed E-state index contributed by atoms with van der Waals surface area (Å²) in [4.78, 5) is 11.9. The molecular formula is C14H21Cl3N2O. The Bertz CT molecular complexity index is 462. The first-order valence-corrected chi connectivity index (χ1v) is 7.00. The van der Waals surface area contributed by atoms with Gasteiger partial charge >= 0.3 is 0 Å². The van der Waals surface area contributed by atoms with Crippen LogP contribution in [0.5, 0.6) is 0 Å². The summed E-state index contributed by atoms with van der Waals surface area (Å²) in [6.07, 6.45) is 1.09. The van der Waals surface area contributed by atoms with Crippen molar-refractivity contribution in [3.63, 3.8) is 0 Å². The molecule has 1 rings (SSSR count). The molecule has 0 heterocycles. The second kappa shape index (κ2) is 8.08. The molecule has 0 saturated heterocycles. The summed E-state index contributed by atoms with van der Waals surface area (Å²) in [7, 11) is 0. The van der Waals surface area contributed by atoms with Crippen LogP contribution in [0.25, 0.3) is 0 Å². The van der Waals surface area contributed by atoms with E-state index in [0.29, 0.717) is 22.9 Å². The number of carbonyl (C=O) groups is 1. The first-order chi connectivity index (χ1) is 8.72. The second-order valence-electron chi connectivity index (χ2n) is 5.32. The maximum Gasteiger partial charge on any atom is 0.220 e. The van der Waals surface area contributed by atoms with E-state index in [1.807, 2.05) is 26.8 Å². The first kappa shape index (κ1) is 19.5. The van der Waals surface area contributed by atoms with Gasteiger partial charge < -0.3 is 11.1 Å². The number of rotatable bonds is 5. The number of nitrogens with two attached hydrogens (primary N) is 1. The lowest BCUT2D eigenvalue weighted by molar-refractivity contribution is -0.122. The van der Waals surface area contributed by atoms with Gasteiger partial charge in [-0.15, -0.1) is 12.4 Å². The van der Waals surface area contributed by atoms with Crippen molar-refractivity contribution in [1.29, 1.82) is 0 Å². The van der Waals surface area contributed by atoms with Crippen LogP contribution in [-0.4, -0.2) is 11.9 Å². The van der Waals surface area contributed by atoms with Crippen LogP contribution in [0.1, 0.15) is 39.2 Å². The normalized spacial score (nSPS) is 12.5. The van der Waals surface area contributed by atoms with Crippen LogP contribution in [0.3, 0.4) is 0 Å². The summed E-state index contributed by atoms with van der Waals surface area (Å²) < 4.78 is 0. The molecule has 1 unspecified atom stereocenters. The summed E-state index contributed by atoms with van der Waals surface area (Å²) >= 11 is 11.9. The third-order valence-corrected chi connectivity index (χ3v) is 3.66. The third-order valence-electron chi connectivity index (χ3n) is 2.92. The van der Waals surface area contributed by atoms with Gasteiger partial charge in [-0.1, -0.05) is 29.3 Å². The maximum atomic E-state index is 11.9. The molecule has 1 amide bonds. The quantitative estimate of drug-likeness (QED) is 0.855. The number of amides is 1. The Balaban J connectivity index is 0.00000361. The number of halogens is 3. The van der Waals surface area contributed by atoms with Crippen molar-refractivity contribution in [3.8, 4) is 0 Å². The highest BCUT2D eigenvalue weighted by atomic mass is 35.5. The highest BCUT2D eigenvalue weighted by molar-refractivity contribution is 6.42. The minimum absolute atomic E-state index is 0. The van der Waals surface area contributed by atoms with Gasteiger partial charge in [0.15, 0.2) is 0 Å². The Morgan fingerprint density at radius 3 is 2.45 bits per heavy atom. The van der Waals surface area contributed by atoms with Gasteiger partial charge in [-0.3, -0.25) is 4.79 Å². The fourth-order valence-electron chi connectivity index (χ4n) is 1.73. The second-order valence-corrected chi connectivity index (χ2v) is 6.13. The van der Waals surface area contributed by atoms with Gasteiger partial charge in [0.05, 0.1) is 15.6 Å². The molecule has 0 aliphatic heterocycles. The van der Waals surface area contributed by atoms with Crippen molar-refractivity contribution in [2.45, 2.75) is 45.2 Å². The van der Waals surface area contributed by atoms with Crippen LogP contribution < -0.4 is 11.1 Å². The van der Waals surface area contributed by atoms with Crippen molar-refractivity contribution in [1.82, 2.24) is 5.32 Å². The number of hydrogen-bond donors (Lipinski definition) is 2. The lowest BCUT2D eigenvalue weighted by atomic mass is 9.94. The molecule has 114 valence electrons. The minimum atomic E-state index is -0.497. The molecule has 0 aromatic heterocycles. The monoisotopic (exact) mass is 338 g/mol. The summed E-state index contributed by atoms with van der Waals surface area (Å²) in [6.45, 7) is 5.74. The topological polar surface area (TPSA) is 55.1 Å². The van der Waals surface area contributed by atoms with E-state index in [1.54, 1.807) is 12.1 Å². The van der Waals surface area contributed by atoms with E-state index in [1.165, 1.54) is 0 Å². The summed E-state index contributed by atoms with van der Waals surface area (Å²) in [6, 6.07) is 5.39. The van der Waals surface area contributed by atoms with Crippen molar-refractivity contribution in [2.75, 3.05) is 0 Å². The SMILES string of the molecule is CC(N)CCC(=O)NC(C)(C)c1ccc(Cl)c(Cl)c1.Cl. The molecule has 0 saturated carbocycles. The molecule has 1 aromatic carbocycles. The van der Waals surface area contributed by atoms with E-state index in [0.717, 1.165) is 5.56 Å². The van der Waals surface area contributed by atoms with Crippen molar-refractivity contribution in [3.05, 3.63) is 33.8 Å². The fourth-order valence-corrected chi connectivity index (χ4v) is 2.02. The Kier molecular flexibility index (Phi) is 7.89. The number of benzene rings is 1. The predicted octanol–water partition coefficient (Wildman–Crippen LogP) is 3.89. The van der Waals surface area contributed by atoms with Crippen LogP contribution in [-0.2, 0) is 10.3 Å². The Morgan fingerprint density at radius 1 is 1.35 bits per heavy atom. The zero-order valence-corrected chi connectivity index (χ0v) is 14.2. The molecule has 20 heavy (non-hydrogen) atoms. The maximum absolute atomic E-state index is 11.9. The van der Waals surface area contributed by atoms with Crippen molar-refractivity contribution in [2.24, 2.45) is 5.73 Å². The lowest BCUT2D eigenvalue weighted by Crippen LogP contribution is -2.41. The molecule has 0 aliphatic carbocycles. The number of carbonyl (C=O) groups excluding carboxylic acids is 1. The van der Waals surface area contributed by atoms with Gasteiger partial charge in [-0.05, 0) is 44.9 Å². The first-order valence-electron chi connectivity index (χ1n) is 6.24. The highest BCUT2D eigenvalue weighted by Gasteiger charge is 2.23. The van der Waals surface area contributed by atoms with Crippen LogP contribution >= 0.6 is 35.6 Å². The largest absolute Gasteiger partial charge is 0.347 e. The Labute approximate surface area is 136 Å². The average molecular weight is 340 g/mol. The molecule has 0 bridgehead atoms. The molecule has 0 fully saturated rings. The van der Waals surface area contributed by atoms with E-state index in [9.17, 15) is 4.79 Å². The molecule has 6 heteroatoms. The minimum Gasteiger partial charge on any atom is -0.347 e. The van der Waals surface area contributed by atoms with Gasteiger partial charge in [0, 0.05) is 12.5 Å². The summed E-state index contributed by atoms with van der Waals surface area (Å²) in [5.74, 6) is -0.0200. The molecule has 1 aromatic rings. The molecular weight excluding hydrogens is 319 g/mol. The van der Waals surface area contributed by atoms with Gasteiger partial charge in [0.25, 0.3) is 0 Å². The number of nitrogens with one attached hydrogen (secondary N) is 1. The van der Waals surface area contributed by atoms with E-state index in [-0.39, 0.29) is 24.4 Å². The molecule has 1 atom stereocenters. The predicted molar refractivity (Wildman–Crippen MR) is 87.8 cm³/mol. The Hall–Kier alpha value is -0.480. The zero-order chi connectivity index (χ0) is 14.6. The lowest BCUT2D eigenvalue weighted by Gasteiger charge is -2.27. The van der Waals surface area contributed by atoms with Gasteiger partial charge in [-0.25, -0.2) is 0 Å². The van der Waals surface area contributed by atoms with Crippen LogP contribution in [0.15, 0.2) is 18.2 Å². The zero-order valence-electron chi connectivity index (χ0n) is 11.9. The van der Waals surface area contributed by atoms with Gasteiger partial charge in [-0.2, -0.15) is 0 Å². The molecule has 0 radical (unpaired) electrons. The summed E-state index contributed by atoms with van der Waals surface area (Å²) in [5, 5.41) is 3.97. The molecule has 0 aliphatic rings. The van der Waals surface area contributed by atoms with Crippen LogP contribution in [0, 0.1) is 0 Å². The van der Waals surface area contributed by atoms with E-state index in [4.69, 9.17) is 28.9 Å². The van der Waals surface area contributed by atoms with Crippen molar-refractivity contribution >= 4 is 41.5 Å². The van der Waals surface area contributed by atoms with Gasteiger partial charge in [0.1, 0.15) is 0 Å². The van der Waals surface area contributed by atoms with Crippen molar-refractivity contribution < 1.29 is 4.79 Å². The Morgan fingerprint density at radius 2 is 1.95 bits per heavy atom. The third kappa shape index (κ3) is 5.88. The number of hydrogen-bond acceptors (Lipinski definition) is 2. The molecule has 0 spiro atoms. The van der Waals surface area contributed by atoms with E-state index in [2.05, 4.69) is 5.32 Å². The van der Waals surface area contributed by atoms with Crippen LogP contribution in [0.2, 0.25) is 10.0 Å². The van der Waals surface area contributed by atoms with E-state index >= 15 is 0 Å². The fraction of sp³-hybridized carbons (Fsp3) is 0.500. The standard InChI is InChI=1S/C14H20Cl2N2O.ClH/c1-9(17)4-7-13(19)18-14(2,3)10-5-6-11(15)12(16)8-10;/h5-6,8-9H,4,7,17H2,1-3H3,(H,18,19);1H. The van der Waals surface area contributed by atoms with Gasteiger partial charge in [0.2, 0.25) is 5.91 Å². The smallest absolute Gasteiger partial charge is 0.220 e. The molecule has 3 nitrogen and oxygen atoms in total. The van der Waals surface area contributed by atoms with E-state index < -0.39 is 5.54 Å².